The van der Waals surface area contributed by atoms with Crippen LogP contribution in [-0.2, 0) is 6.61 Å². The number of likely N-dealkylation sites (tertiary alicyclic amines) is 1. The van der Waals surface area contributed by atoms with Crippen LogP contribution < -0.4 is 4.74 Å². The van der Waals surface area contributed by atoms with Gasteiger partial charge in [-0.2, -0.15) is 5.26 Å². The molecule has 128 valence electrons. The van der Waals surface area contributed by atoms with E-state index in [2.05, 4.69) is 17.9 Å². The Morgan fingerprint density at radius 1 is 1.16 bits per heavy atom. The first-order valence-electron chi connectivity index (χ1n) is 8.67. The summed E-state index contributed by atoms with van der Waals surface area (Å²) >= 11 is 5.65. The van der Waals surface area contributed by atoms with E-state index in [1.165, 1.54) is 12.8 Å². The molecule has 1 fully saturated rings. The van der Waals surface area contributed by atoms with Gasteiger partial charge >= 0.3 is 0 Å². The maximum Gasteiger partial charge on any atom is 0.119 e. The number of piperidine rings is 1. The van der Waals surface area contributed by atoms with Crippen LogP contribution in [0.5, 0.6) is 5.75 Å². The third kappa shape index (κ3) is 4.37. The molecular weight excluding hydrogens is 328 g/mol. The van der Waals surface area contributed by atoms with Gasteiger partial charge in [-0.25, -0.2) is 0 Å². The van der Waals surface area contributed by atoms with Crippen LogP contribution in [0.3, 0.4) is 0 Å². The fraction of sp³-hybridized carbons (Fsp3) is 0.333. The van der Waals surface area contributed by atoms with Crippen LogP contribution in [-0.4, -0.2) is 23.0 Å². The van der Waals surface area contributed by atoms with Gasteiger partial charge in [0, 0.05) is 24.2 Å². The highest BCUT2D eigenvalue weighted by Gasteiger charge is 2.18. The minimum absolute atomic E-state index is 0.386. The van der Waals surface area contributed by atoms with E-state index >= 15 is 0 Å². The van der Waals surface area contributed by atoms with Crippen molar-refractivity contribution in [1.29, 1.82) is 5.26 Å². The van der Waals surface area contributed by atoms with Crippen LogP contribution in [0.4, 0.5) is 0 Å². The Morgan fingerprint density at radius 3 is 2.52 bits per heavy atom. The van der Waals surface area contributed by atoms with Crippen molar-refractivity contribution in [2.24, 2.45) is 5.92 Å². The lowest BCUT2D eigenvalue weighted by Crippen LogP contribution is -2.37. The maximum atomic E-state index is 9.13. The first-order chi connectivity index (χ1) is 12.2. The van der Waals surface area contributed by atoms with E-state index in [1.807, 2.05) is 42.5 Å². The van der Waals surface area contributed by atoms with E-state index in [-0.39, 0.29) is 0 Å². The number of benzene rings is 2. The Balaban J connectivity index is 1.60. The summed E-state index contributed by atoms with van der Waals surface area (Å²) in [5, 5.41) is 9.13. The van der Waals surface area contributed by atoms with E-state index in [0.29, 0.717) is 12.2 Å². The van der Waals surface area contributed by atoms with Crippen LogP contribution in [0.25, 0.3) is 0 Å². The van der Waals surface area contributed by atoms with Gasteiger partial charge in [0.15, 0.2) is 0 Å². The van der Waals surface area contributed by atoms with Crippen molar-refractivity contribution in [3.8, 4) is 11.8 Å². The lowest BCUT2D eigenvalue weighted by molar-refractivity contribution is 0.284. The Hall–Kier alpha value is -2.38. The molecule has 3 nitrogen and oxygen atoms in total. The maximum absolute atomic E-state index is 9.13. The molecule has 4 heteroatoms. The average molecular weight is 350 g/mol. The Bertz CT molecular complexity index is 771. The zero-order chi connectivity index (χ0) is 17.6. The molecule has 0 spiro atoms. The molecule has 0 radical (unpaired) electrons. The van der Waals surface area contributed by atoms with Crippen LogP contribution in [0.15, 0.2) is 48.5 Å². The Labute approximate surface area is 154 Å². The molecule has 1 heterocycles. The van der Waals surface area contributed by atoms with Gasteiger partial charge in [-0.05, 0) is 49.1 Å². The van der Waals surface area contributed by atoms with Crippen molar-refractivity contribution in [1.82, 2.24) is 4.90 Å². The summed E-state index contributed by atoms with van der Waals surface area (Å²) in [6.07, 6.45) is 2.42. The van der Waals surface area contributed by atoms with Crippen LogP contribution in [0, 0.1) is 17.2 Å². The molecule has 25 heavy (non-hydrogen) atoms. The first kappa shape index (κ1) is 17.4. The quantitative estimate of drug-likeness (QED) is 0.758. The normalized spacial score (nSPS) is 14.8. The largest absolute Gasteiger partial charge is 0.489 e. The number of nitrogens with zero attached hydrogens (tertiary/aromatic N) is 2. The van der Waals surface area contributed by atoms with E-state index in [9.17, 15) is 0 Å². The van der Waals surface area contributed by atoms with Crippen LogP contribution >= 0.6 is 12.2 Å². The van der Waals surface area contributed by atoms with Crippen molar-refractivity contribution >= 4 is 17.2 Å². The van der Waals surface area contributed by atoms with Gasteiger partial charge in [0.2, 0.25) is 0 Å². The molecule has 1 aliphatic heterocycles. The highest BCUT2D eigenvalue weighted by Crippen LogP contribution is 2.21. The Kier molecular flexibility index (Phi) is 5.67. The zero-order valence-electron chi connectivity index (χ0n) is 14.4. The summed E-state index contributed by atoms with van der Waals surface area (Å²) < 4.78 is 5.82. The van der Waals surface area contributed by atoms with Gasteiger partial charge in [-0.3, -0.25) is 0 Å². The van der Waals surface area contributed by atoms with E-state index in [4.69, 9.17) is 22.2 Å². The fourth-order valence-electron chi connectivity index (χ4n) is 3.00. The van der Waals surface area contributed by atoms with E-state index in [0.717, 1.165) is 40.9 Å². The number of hydrogen-bond acceptors (Lipinski definition) is 3. The van der Waals surface area contributed by atoms with Crippen LogP contribution in [0.1, 0.15) is 36.5 Å². The summed E-state index contributed by atoms with van der Waals surface area (Å²) in [7, 11) is 0. The van der Waals surface area contributed by atoms with Gasteiger partial charge < -0.3 is 9.64 Å². The van der Waals surface area contributed by atoms with Gasteiger partial charge in [0.05, 0.1) is 11.6 Å². The van der Waals surface area contributed by atoms with Gasteiger partial charge in [-0.15, -0.1) is 0 Å². The highest BCUT2D eigenvalue weighted by molar-refractivity contribution is 7.80. The molecule has 0 N–H and O–H groups in total. The summed E-state index contributed by atoms with van der Waals surface area (Å²) in [6.45, 7) is 4.78. The second kappa shape index (κ2) is 8.13. The molecule has 1 aliphatic rings. The topological polar surface area (TPSA) is 36.3 Å². The lowest BCUT2D eigenvalue weighted by atomic mass is 9.99. The molecular formula is C21H22N2OS. The summed E-state index contributed by atoms with van der Waals surface area (Å²) in [5.74, 6) is 1.58. The predicted octanol–water partition coefficient (Wildman–Crippen LogP) is 4.54. The lowest BCUT2D eigenvalue weighted by Gasteiger charge is -2.32. The standard InChI is InChI=1S/C21H22N2OS/c1-16-10-12-23(13-11-16)21(25)17-6-8-20(9-7-17)24-15-19-5-3-2-4-18(19)14-22/h2-9,16H,10-13,15H2,1H3. The zero-order valence-corrected chi connectivity index (χ0v) is 15.3. The second-order valence-electron chi connectivity index (χ2n) is 6.56. The van der Waals surface area contributed by atoms with Gasteiger partial charge in [-0.1, -0.05) is 37.3 Å². The molecule has 3 rings (SSSR count). The smallest absolute Gasteiger partial charge is 0.119 e. The molecule has 0 unspecified atom stereocenters. The molecule has 2 aromatic carbocycles. The van der Waals surface area contributed by atoms with Crippen molar-refractivity contribution in [3.05, 3.63) is 65.2 Å². The van der Waals surface area contributed by atoms with E-state index < -0.39 is 0 Å². The minimum atomic E-state index is 0.386. The number of rotatable bonds is 4. The minimum Gasteiger partial charge on any atom is -0.489 e. The van der Waals surface area contributed by atoms with Crippen molar-refractivity contribution in [3.63, 3.8) is 0 Å². The predicted molar refractivity (Wildman–Crippen MR) is 104 cm³/mol. The highest BCUT2D eigenvalue weighted by atomic mass is 32.1. The number of hydrogen-bond donors (Lipinski definition) is 0. The molecule has 0 bridgehead atoms. The first-order valence-corrected chi connectivity index (χ1v) is 9.08. The molecule has 0 amide bonds. The van der Waals surface area contributed by atoms with Crippen molar-refractivity contribution in [2.45, 2.75) is 26.4 Å². The van der Waals surface area contributed by atoms with Crippen molar-refractivity contribution in [2.75, 3.05) is 13.1 Å². The van der Waals surface area contributed by atoms with Crippen molar-refractivity contribution < 1.29 is 4.74 Å². The molecule has 0 aliphatic carbocycles. The Morgan fingerprint density at radius 2 is 1.84 bits per heavy atom. The molecule has 2 aromatic rings. The number of ether oxygens (including phenoxy) is 1. The monoisotopic (exact) mass is 350 g/mol. The molecule has 0 atom stereocenters. The molecule has 1 saturated heterocycles. The SMILES string of the molecule is CC1CCN(C(=S)c2ccc(OCc3ccccc3C#N)cc2)CC1. The average Bonchev–Trinajstić information content (AvgIpc) is 2.67. The van der Waals surface area contributed by atoms with Gasteiger partial charge in [0.25, 0.3) is 0 Å². The third-order valence-electron chi connectivity index (χ3n) is 4.70. The summed E-state index contributed by atoms with van der Waals surface area (Å²) in [5.41, 5.74) is 2.61. The second-order valence-corrected chi connectivity index (χ2v) is 6.94. The summed E-state index contributed by atoms with van der Waals surface area (Å²) in [6, 6.07) is 17.6. The van der Waals surface area contributed by atoms with E-state index in [1.54, 1.807) is 6.07 Å². The fourth-order valence-corrected chi connectivity index (χ4v) is 3.32. The molecule has 0 aromatic heterocycles. The van der Waals surface area contributed by atoms with Gasteiger partial charge in [0.1, 0.15) is 17.3 Å². The van der Waals surface area contributed by atoms with Crippen LogP contribution in [0.2, 0.25) is 0 Å². The number of nitriles is 1. The molecule has 0 saturated carbocycles. The number of thiocarbonyl (C=S) groups is 1. The summed E-state index contributed by atoms with van der Waals surface area (Å²) in [4.78, 5) is 3.22. The third-order valence-corrected chi connectivity index (χ3v) is 5.20.